The number of aryl methyl sites for hydroxylation is 1. The molecule has 1 aromatic rings. The molecule has 3 heteroatoms. The maximum absolute atomic E-state index is 6.40. The largest absolute Gasteiger partial charge is 0.323 e. The normalized spacial score (nSPS) is 21.6. The van der Waals surface area contributed by atoms with Crippen LogP contribution in [0.5, 0.6) is 0 Å². The number of likely N-dealkylation sites (tertiary alicyclic amines) is 1. The average molecular weight is 275 g/mol. The summed E-state index contributed by atoms with van der Waals surface area (Å²) in [5.41, 5.74) is 9.05. The van der Waals surface area contributed by atoms with E-state index in [2.05, 4.69) is 55.1 Å². The fourth-order valence-corrected chi connectivity index (χ4v) is 3.12. The Hall–Kier alpha value is -0.900. The number of hydrogen-bond acceptors (Lipinski definition) is 3. The minimum atomic E-state index is 0.128. The molecule has 1 aromatic carbocycles. The minimum absolute atomic E-state index is 0.128. The van der Waals surface area contributed by atoms with Gasteiger partial charge >= 0.3 is 0 Å². The van der Waals surface area contributed by atoms with E-state index < -0.39 is 0 Å². The van der Waals surface area contributed by atoms with Gasteiger partial charge in [0.1, 0.15) is 0 Å². The number of hydrogen-bond donors (Lipinski definition) is 1. The predicted molar refractivity (Wildman–Crippen MR) is 85.9 cm³/mol. The molecule has 0 bridgehead atoms. The number of rotatable bonds is 6. The van der Waals surface area contributed by atoms with Gasteiger partial charge in [0.25, 0.3) is 0 Å². The number of nitrogens with zero attached hydrogens (tertiary/aromatic N) is 2. The van der Waals surface area contributed by atoms with E-state index in [1.165, 1.54) is 30.5 Å². The first-order valence-electron chi connectivity index (χ1n) is 7.83. The molecule has 0 aromatic heterocycles. The topological polar surface area (TPSA) is 32.5 Å². The molecule has 2 atom stereocenters. The van der Waals surface area contributed by atoms with Gasteiger partial charge in [-0.25, -0.2) is 0 Å². The smallest absolute Gasteiger partial charge is 0.0424 e. The molecule has 1 heterocycles. The highest BCUT2D eigenvalue weighted by atomic mass is 15.2. The van der Waals surface area contributed by atoms with Gasteiger partial charge in [-0.1, -0.05) is 31.2 Å². The Balaban J connectivity index is 1.93. The van der Waals surface area contributed by atoms with Crippen molar-refractivity contribution in [3.63, 3.8) is 0 Å². The summed E-state index contributed by atoms with van der Waals surface area (Å²) in [6, 6.07) is 9.60. The molecule has 112 valence electrons. The van der Waals surface area contributed by atoms with Gasteiger partial charge in [0, 0.05) is 25.2 Å². The molecular formula is C17H29N3. The number of nitrogens with two attached hydrogens (primary N) is 1. The Morgan fingerprint density at radius 3 is 2.60 bits per heavy atom. The third kappa shape index (κ3) is 4.05. The van der Waals surface area contributed by atoms with Gasteiger partial charge in [-0.15, -0.1) is 0 Å². The summed E-state index contributed by atoms with van der Waals surface area (Å²) in [5.74, 6) is 0. The van der Waals surface area contributed by atoms with Crippen molar-refractivity contribution in [3.8, 4) is 0 Å². The zero-order chi connectivity index (χ0) is 14.5. The Morgan fingerprint density at radius 2 is 2.00 bits per heavy atom. The molecule has 0 amide bonds. The fraction of sp³-hybridized carbons (Fsp3) is 0.647. The first kappa shape index (κ1) is 15.5. The molecule has 20 heavy (non-hydrogen) atoms. The highest BCUT2D eigenvalue weighted by Gasteiger charge is 2.26. The van der Waals surface area contributed by atoms with E-state index in [1.807, 2.05) is 0 Å². The third-order valence-corrected chi connectivity index (χ3v) is 4.32. The highest BCUT2D eigenvalue weighted by molar-refractivity contribution is 5.25. The quantitative estimate of drug-likeness (QED) is 0.864. The van der Waals surface area contributed by atoms with Gasteiger partial charge in [0.2, 0.25) is 0 Å². The minimum Gasteiger partial charge on any atom is -0.323 e. The van der Waals surface area contributed by atoms with Crippen LogP contribution in [-0.4, -0.2) is 49.6 Å². The second-order valence-corrected chi connectivity index (χ2v) is 6.25. The molecule has 2 unspecified atom stereocenters. The van der Waals surface area contributed by atoms with E-state index >= 15 is 0 Å². The average Bonchev–Trinajstić information content (AvgIpc) is 2.85. The monoisotopic (exact) mass is 275 g/mol. The Kier molecular flexibility index (Phi) is 5.58. The predicted octanol–water partition coefficient (Wildman–Crippen LogP) is 2.27. The van der Waals surface area contributed by atoms with Crippen LogP contribution >= 0.6 is 0 Å². The first-order chi connectivity index (χ1) is 9.60. The van der Waals surface area contributed by atoms with Crippen LogP contribution < -0.4 is 5.73 Å². The van der Waals surface area contributed by atoms with Crippen LogP contribution in [-0.2, 0) is 6.42 Å². The van der Waals surface area contributed by atoms with Crippen molar-refractivity contribution in [2.75, 3.05) is 33.7 Å². The molecule has 1 aliphatic rings. The van der Waals surface area contributed by atoms with Gasteiger partial charge in [0.15, 0.2) is 0 Å². The van der Waals surface area contributed by atoms with E-state index in [0.717, 1.165) is 19.5 Å². The van der Waals surface area contributed by atoms with Crippen molar-refractivity contribution < 1.29 is 0 Å². The van der Waals surface area contributed by atoms with Crippen molar-refractivity contribution in [3.05, 3.63) is 35.4 Å². The fourth-order valence-electron chi connectivity index (χ4n) is 3.12. The van der Waals surface area contributed by atoms with Crippen LogP contribution in [0.1, 0.15) is 36.9 Å². The van der Waals surface area contributed by atoms with Crippen molar-refractivity contribution in [1.82, 2.24) is 9.80 Å². The van der Waals surface area contributed by atoms with Crippen molar-refractivity contribution >= 4 is 0 Å². The molecular weight excluding hydrogens is 246 g/mol. The van der Waals surface area contributed by atoms with Crippen LogP contribution in [0.3, 0.4) is 0 Å². The molecule has 0 spiro atoms. The molecule has 1 fully saturated rings. The summed E-state index contributed by atoms with van der Waals surface area (Å²) in [5, 5.41) is 0. The van der Waals surface area contributed by atoms with E-state index in [9.17, 15) is 0 Å². The lowest BCUT2D eigenvalue weighted by atomic mass is 10.0. The lowest BCUT2D eigenvalue weighted by Gasteiger charge is -2.29. The van der Waals surface area contributed by atoms with Crippen LogP contribution in [0.4, 0.5) is 0 Å². The summed E-state index contributed by atoms with van der Waals surface area (Å²) in [7, 11) is 4.31. The van der Waals surface area contributed by atoms with E-state index in [1.54, 1.807) is 0 Å². The second-order valence-electron chi connectivity index (χ2n) is 6.25. The Labute approximate surface area is 123 Å². The summed E-state index contributed by atoms with van der Waals surface area (Å²) in [6.45, 7) is 5.50. The molecule has 0 radical (unpaired) electrons. The summed E-state index contributed by atoms with van der Waals surface area (Å²) >= 11 is 0. The number of likely N-dealkylation sites (N-methyl/N-ethyl adjacent to an activating group) is 1. The molecule has 0 saturated carbocycles. The molecule has 2 rings (SSSR count). The molecule has 1 saturated heterocycles. The molecule has 0 aliphatic carbocycles. The van der Waals surface area contributed by atoms with E-state index in [4.69, 9.17) is 5.73 Å². The van der Waals surface area contributed by atoms with Crippen LogP contribution in [0.2, 0.25) is 0 Å². The van der Waals surface area contributed by atoms with Gasteiger partial charge in [-0.3, -0.25) is 4.90 Å². The maximum atomic E-state index is 6.40. The van der Waals surface area contributed by atoms with Gasteiger partial charge in [-0.05, 0) is 51.0 Å². The standard InChI is InChI=1S/C17H29N3/c1-4-14-7-9-15(10-8-14)17(18)13-20-11-5-6-16(20)12-19(2)3/h7-10,16-17H,4-6,11-13,18H2,1-3H3. The van der Waals surface area contributed by atoms with Crippen molar-refractivity contribution in [2.45, 2.75) is 38.3 Å². The number of benzene rings is 1. The summed E-state index contributed by atoms with van der Waals surface area (Å²) < 4.78 is 0. The Morgan fingerprint density at radius 1 is 1.30 bits per heavy atom. The van der Waals surface area contributed by atoms with Gasteiger partial charge in [0.05, 0.1) is 0 Å². The highest BCUT2D eigenvalue weighted by Crippen LogP contribution is 2.21. The van der Waals surface area contributed by atoms with Crippen molar-refractivity contribution in [1.29, 1.82) is 0 Å². The first-order valence-corrected chi connectivity index (χ1v) is 7.83. The van der Waals surface area contributed by atoms with Gasteiger partial charge < -0.3 is 10.6 Å². The van der Waals surface area contributed by atoms with Crippen LogP contribution in [0, 0.1) is 0 Å². The Bertz CT molecular complexity index is 399. The van der Waals surface area contributed by atoms with Crippen LogP contribution in [0.25, 0.3) is 0 Å². The summed E-state index contributed by atoms with van der Waals surface area (Å²) in [6.07, 6.45) is 3.70. The van der Waals surface area contributed by atoms with E-state index in [0.29, 0.717) is 6.04 Å². The van der Waals surface area contributed by atoms with E-state index in [-0.39, 0.29) is 6.04 Å². The van der Waals surface area contributed by atoms with Crippen LogP contribution in [0.15, 0.2) is 24.3 Å². The molecule has 2 N–H and O–H groups in total. The SMILES string of the molecule is CCc1ccc(C(N)CN2CCCC2CN(C)C)cc1. The second kappa shape index (κ2) is 7.21. The lowest BCUT2D eigenvalue weighted by Crippen LogP contribution is -2.41. The zero-order valence-electron chi connectivity index (χ0n) is 13.2. The third-order valence-electron chi connectivity index (χ3n) is 4.32. The summed E-state index contributed by atoms with van der Waals surface area (Å²) in [4.78, 5) is 4.85. The zero-order valence-corrected chi connectivity index (χ0v) is 13.2. The molecule has 3 nitrogen and oxygen atoms in total. The van der Waals surface area contributed by atoms with Gasteiger partial charge in [-0.2, -0.15) is 0 Å². The lowest BCUT2D eigenvalue weighted by molar-refractivity contribution is 0.198. The van der Waals surface area contributed by atoms with Crippen molar-refractivity contribution in [2.24, 2.45) is 5.73 Å². The maximum Gasteiger partial charge on any atom is 0.0424 e. The molecule has 1 aliphatic heterocycles.